The number of sulfonamides is 1. The Labute approximate surface area is 105 Å². The molecule has 0 N–H and O–H groups in total. The predicted octanol–water partition coefficient (Wildman–Crippen LogP) is 2.65. The van der Waals surface area contributed by atoms with E-state index in [0.717, 1.165) is 31.4 Å². The topological polar surface area (TPSA) is 37.4 Å². The largest absolute Gasteiger partial charge is 0.244 e. The fraction of sp³-hybridized carbons (Fsp3) is 0.455. The van der Waals surface area contributed by atoms with E-state index in [1.54, 1.807) is 0 Å². The molecule has 0 bridgehead atoms. The summed E-state index contributed by atoms with van der Waals surface area (Å²) in [6.45, 7) is 0.963. The second-order valence-corrected chi connectivity index (χ2v) is 6.35. The van der Waals surface area contributed by atoms with Crippen LogP contribution >= 0.6 is 11.6 Å². The van der Waals surface area contributed by atoms with Crippen LogP contribution in [0.1, 0.15) is 19.3 Å². The van der Waals surface area contributed by atoms with Crippen LogP contribution in [0.2, 0.25) is 5.02 Å². The number of halogens is 2. The van der Waals surface area contributed by atoms with E-state index in [-0.39, 0.29) is 9.92 Å². The Morgan fingerprint density at radius 2 is 1.82 bits per heavy atom. The molecule has 6 heteroatoms. The van der Waals surface area contributed by atoms with Crippen LogP contribution in [0, 0.1) is 5.82 Å². The fourth-order valence-electron chi connectivity index (χ4n) is 1.92. The van der Waals surface area contributed by atoms with Gasteiger partial charge in [-0.1, -0.05) is 18.0 Å². The third-order valence-corrected chi connectivity index (χ3v) is 5.21. The van der Waals surface area contributed by atoms with E-state index in [4.69, 9.17) is 11.6 Å². The molecule has 0 amide bonds. The quantitative estimate of drug-likeness (QED) is 0.833. The Morgan fingerprint density at radius 1 is 1.18 bits per heavy atom. The van der Waals surface area contributed by atoms with Crippen LogP contribution in [-0.2, 0) is 10.0 Å². The van der Waals surface area contributed by atoms with Gasteiger partial charge in [0.2, 0.25) is 10.0 Å². The molecular formula is C11H13ClFNO2S. The minimum absolute atomic E-state index is 0.0666. The van der Waals surface area contributed by atoms with E-state index in [2.05, 4.69) is 0 Å². The highest BCUT2D eigenvalue weighted by molar-refractivity contribution is 7.89. The van der Waals surface area contributed by atoms with Crippen molar-refractivity contribution in [1.82, 2.24) is 4.31 Å². The average Bonchev–Trinajstić information content (AvgIpc) is 2.33. The average molecular weight is 278 g/mol. The summed E-state index contributed by atoms with van der Waals surface area (Å²) in [5.74, 6) is -0.593. The van der Waals surface area contributed by atoms with Gasteiger partial charge in [0.1, 0.15) is 10.7 Å². The third-order valence-electron chi connectivity index (χ3n) is 2.83. The van der Waals surface area contributed by atoms with Crippen molar-refractivity contribution in [2.24, 2.45) is 0 Å². The molecule has 1 aromatic carbocycles. The molecule has 1 aliphatic heterocycles. The molecule has 0 aromatic heterocycles. The number of hydrogen-bond acceptors (Lipinski definition) is 2. The Kier molecular flexibility index (Phi) is 3.70. The van der Waals surface area contributed by atoms with Gasteiger partial charge in [-0.15, -0.1) is 0 Å². The van der Waals surface area contributed by atoms with Crippen molar-refractivity contribution in [1.29, 1.82) is 0 Å². The molecule has 1 saturated heterocycles. The summed E-state index contributed by atoms with van der Waals surface area (Å²) >= 11 is 5.83. The monoisotopic (exact) mass is 277 g/mol. The van der Waals surface area contributed by atoms with Gasteiger partial charge in [0, 0.05) is 13.1 Å². The summed E-state index contributed by atoms with van der Waals surface area (Å²) in [5.41, 5.74) is 0. The smallest absolute Gasteiger partial charge is 0.207 e. The molecule has 0 saturated carbocycles. The van der Waals surface area contributed by atoms with Gasteiger partial charge in [-0.2, -0.15) is 4.31 Å². The summed E-state index contributed by atoms with van der Waals surface area (Å²) < 4.78 is 38.9. The maximum atomic E-state index is 13.1. The maximum absolute atomic E-state index is 13.1. The number of rotatable bonds is 2. The molecule has 0 unspecified atom stereocenters. The van der Waals surface area contributed by atoms with Crippen molar-refractivity contribution in [3.63, 3.8) is 0 Å². The summed E-state index contributed by atoms with van der Waals surface area (Å²) in [4.78, 5) is -0.138. The van der Waals surface area contributed by atoms with Crippen molar-refractivity contribution in [3.8, 4) is 0 Å². The molecule has 1 fully saturated rings. The second-order valence-electron chi connectivity index (χ2n) is 4.04. The Balaban J connectivity index is 2.40. The molecule has 0 atom stereocenters. The molecule has 0 spiro atoms. The lowest BCUT2D eigenvalue weighted by Gasteiger charge is -2.26. The minimum Gasteiger partial charge on any atom is -0.207 e. The Bertz CT molecular complexity index is 512. The molecule has 0 radical (unpaired) electrons. The maximum Gasteiger partial charge on any atom is 0.244 e. The lowest BCUT2D eigenvalue weighted by atomic mass is 10.2. The molecule has 17 heavy (non-hydrogen) atoms. The zero-order chi connectivity index (χ0) is 12.5. The highest BCUT2D eigenvalue weighted by Crippen LogP contribution is 2.27. The van der Waals surface area contributed by atoms with Crippen molar-refractivity contribution < 1.29 is 12.8 Å². The molecule has 94 valence electrons. The van der Waals surface area contributed by atoms with E-state index in [9.17, 15) is 12.8 Å². The van der Waals surface area contributed by atoms with E-state index in [0.29, 0.717) is 13.1 Å². The number of nitrogens with zero attached hydrogens (tertiary/aromatic N) is 1. The van der Waals surface area contributed by atoms with Crippen LogP contribution in [0.25, 0.3) is 0 Å². The van der Waals surface area contributed by atoms with Crippen molar-refractivity contribution in [2.75, 3.05) is 13.1 Å². The first-order valence-electron chi connectivity index (χ1n) is 5.47. The van der Waals surface area contributed by atoms with Gasteiger partial charge < -0.3 is 0 Å². The van der Waals surface area contributed by atoms with Crippen LogP contribution in [0.3, 0.4) is 0 Å². The van der Waals surface area contributed by atoms with Gasteiger partial charge >= 0.3 is 0 Å². The molecule has 1 aromatic rings. The number of hydrogen-bond donors (Lipinski definition) is 0. The van der Waals surface area contributed by atoms with E-state index in [1.165, 1.54) is 10.4 Å². The van der Waals surface area contributed by atoms with Gasteiger partial charge in [-0.25, -0.2) is 12.8 Å². The number of benzene rings is 1. The Morgan fingerprint density at radius 3 is 2.47 bits per heavy atom. The van der Waals surface area contributed by atoms with Gasteiger partial charge in [0.15, 0.2) is 0 Å². The molecule has 0 aliphatic carbocycles. The van der Waals surface area contributed by atoms with Crippen molar-refractivity contribution in [2.45, 2.75) is 24.2 Å². The molecule has 1 heterocycles. The summed E-state index contributed by atoms with van der Waals surface area (Å²) in [7, 11) is -3.65. The molecule has 1 aliphatic rings. The first kappa shape index (κ1) is 12.8. The zero-order valence-electron chi connectivity index (χ0n) is 9.20. The van der Waals surface area contributed by atoms with E-state index < -0.39 is 15.8 Å². The summed E-state index contributed by atoms with van der Waals surface area (Å²) in [6, 6.07) is 3.40. The molecule has 2 rings (SSSR count). The van der Waals surface area contributed by atoms with E-state index >= 15 is 0 Å². The third kappa shape index (κ3) is 2.61. The van der Waals surface area contributed by atoms with Crippen molar-refractivity contribution >= 4 is 21.6 Å². The van der Waals surface area contributed by atoms with Gasteiger partial charge in [0.25, 0.3) is 0 Å². The Hall–Kier alpha value is -0.650. The van der Waals surface area contributed by atoms with Crippen LogP contribution in [0.5, 0.6) is 0 Å². The van der Waals surface area contributed by atoms with Crippen LogP contribution < -0.4 is 0 Å². The van der Waals surface area contributed by atoms with E-state index in [1.807, 2.05) is 0 Å². The minimum atomic E-state index is -3.65. The van der Waals surface area contributed by atoms with Crippen LogP contribution in [-0.4, -0.2) is 25.8 Å². The molecular weight excluding hydrogens is 265 g/mol. The standard InChI is InChI=1S/C11H13ClFNO2S/c12-10-5-4-9(13)8-11(10)17(15,16)14-6-2-1-3-7-14/h4-5,8H,1-3,6-7H2. The highest BCUT2D eigenvalue weighted by Gasteiger charge is 2.28. The first-order valence-corrected chi connectivity index (χ1v) is 7.29. The van der Waals surface area contributed by atoms with Gasteiger partial charge in [-0.3, -0.25) is 0 Å². The van der Waals surface area contributed by atoms with Crippen molar-refractivity contribution in [3.05, 3.63) is 29.0 Å². The predicted molar refractivity (Wildman–Crippen MR) is 64.0 cm³/mol. The molecule has 3 nitrogen and oxygen atoms in total. The lowest BCUT2D eigenvalue weighted by molar-refractivity contribution is 0.346. The highest BCUT2D eigenvalue weighted by atomic mass is 35.5. The number of piperidine rings is 1. The lowest BCUT2D eigenvalue weighted by Crippen LogP contribution is -2.35. The van der Waals surface area contributed by atoms with Crippen LogP contribution in [0.4, 0.5) is 4.39 Å². The zero-order valence-corrected chi connectivity index (χ0v) is 10.8. The normalized spacial score (nSPS) is 18.2. The summed E-state index contributed by atoms with van der Waals surface area (Å²) in [6.07, 6.45) is 2.71. The fourth-order valence-corrected chi connectivity index (χ4v) is 3.92. The summed E-state index contributed by atoms with van der Waals surface area (Å²) in [5, 5.41) is 0.0666. The SMILES string of the molecule is O=S(=O)(c1cc(F)ccc1Cl)N1CCCCC1. The second kappa shape index (κ2) is 4.92. The first-order chi connectivity index (χ1) is 8.01. The van der Waals surface area contributed by atoms with Crippen LogP contribution in [0.15, 0.2) is 23.1 Å². The van der Waals surface area contributed by atoms with Gasteiger partial charge in [0.05, 0.1) is 5.02 Å². The van der Waals surface area contributed by atoms with Gasteiger partial charge in [-0.05, 0) is 31.0 Å².